The molecule has 0 saturated heterocycles. The molecule has 2 amide bonds. The first-order valence-corrected chi connectivity index (χ1v) is 11.1. The standard InChI is InChI=1S/C26H26FN3O5/c1-35-15-19-11-20(27)8-9-21(19)17-6-4-16(5-7-17)12-29-25(33)23(31)24(32)26(34)30-13-18-3-2-10-28-22(18)14-30/h2-11,23-24,31-32H,12-15H2,1H3,(H,29,33)/t23-,24-/m1/s1. The number of carbonyl (C=O) groups is 2. The molecule has 1 aliphatic rings. The number of aliphatic hydroxyl groups excluding tert-OH is 2. The molecule has 3 aromatic rings. The van der Waals surface area contributed by atoms with Crippen LogP contribution in [-0.2, 0) is 40.6 Å². The van der Waals surface area contributed by atoms with Crippen LogP contribution in [0.5, 0.6) is 0 Å². The topological polar surface area (TPSA) is 112 Å². The molecule has 0 saturated carbocycles. The van der Waals surface area contributed by atoms with Gasteiger partial charge < -0.3 is 25.2 Å². The summed E-state index contributed by atoms with van der Waals surface area (Å²) >= 11 is 0. The predicted molar refractivity (Wildman–Crippen MR) is 125 cm³/mol. The molecule has 2 heterocycles. The van der Waals surface area contributed by atoms with Gasteiger partial charge in [0, 0.05) is 26.4 Å². The second-order valence-electron chi connectivity index (χ2n) is 8.34. The smallest absolute Gasteiger partial charge is 0.255 e. The fourth-order valence-corrected chi connectivity index (χ4v) is 4.04. The molecule has 8 nitrogen and oxygen atoms in total. The van der Waals surface area contributed by atoms with Gasteiger partial charge in [-0.25, -0.2) is 4.39 Å². The monoisotopic (exact) mass is 479 g/mol. The van der Waals surface area contributed by atoms with Crippen molar-refractivity contribution >= 4 is 11.8 Å². The molecule has 2 atom stereocenters. The number of pyridine rings is 1. The quantitative estimate of drug-likeness (QED) is 0.455. The molecular formula is C26H26FN3O5. The summed E-state index contributed by atoms with van der Waals surface area (Å²) in [5.41, 5.74) is 4.74. The Morgan fingerprint density at radius 3 is 2.60 bits per heavy atom. The summed E-state index contributed by atoms with van der Waals surface area (Å²) in [6.07, 6.45) is -2.17. The Morgan fingerprint density at radius 2 is 1.89 bits per heavy atom. The summed E-state index contributed by atoms with van der Waals surface area (Å²) in [7, 11) is 1.54. The Morgan fingerprint density at radius 1 is 1.11 bits per heavy atom. The number of amides is 2. The molecule has 1 aliphatic heterocycles. The van der Waals surface area contributed by atoms with Crippen molar-refractivity contribution < 1.29 is 28.9 Å². The van der Waals surface area contributed by atoms with Gasteiger partial charge in [-0.05, 0) is 46.0 Å². The number of ether oxygens (including phenoxy) is 1. The number of fused-ring (bicyclic) bond motifs is 1. The number of aromatic nitrogens is 1. The lowest BCUT2D eigenvalue weighted by Gasteiger charge is -2.22. The Kier molecular flexibility index (Phi) is 7.50. The van der Waals surface area contributed by atoms with Crippen LogP contribution in [0.4, 0.5) is 4.39 Å². The van der Waals surface area contributed by atoms with Crippen LogP contribution in [0.3, 0.4) is 0 Å². The van der Waals surface area contributed by atoms with Crippen molar-refractivity contribution in [2.24, 2.45) is 0 Å². The minimum atomic E-state index is -1.91. The van der Waals surface area contributed by atoms with Crippen molar-refractivity contribution in [3.63, 3.8) is 0 Å². The van der Waals surface area contributed by atoms with E-state index < -0.39 is 24.0 Å². The zero-order valence-electron chi connectivity index (χ0n) is 19.1. The van der Waals surface area contributed by atoms with E-state index in [1.807, 2.05) is 18.2 Å². The number of methoxy groups -OCH3 is 1. The third kappa shape index (κ3) is 5.54. The molecule has 4 rings (SSSR count). The van der Waals surface area contributed by atoms with Crippen molar-refractivity contribution in [2.45, 2.75) is 38.4 Å². The zero-order valence-corrected chi connectivity index (χ0v) is 19.1. The molecule has 0 radical (unpaired) electrons. The molecule has 35 heavy (non-hydrogen) atoms. The van der Waals surface area contributed by atoms with Gasteiger partial charge >= 0.3 is 0 Å². The minimum Gasteiger partial charge on any atom is -0.380 e. The fourth-order valence-electron chi connectivity index (χ4n) is 4.04. The van der Waals surface area contributed by atoms with Gasteiger partial charge in [0.05, 0.1) is 18.8 Å². The second-order valence-corrected chi connectivity index (χ2v) is 8.34. The lowest BCUT2D eigenvalue weighted by atomic mass is 9.99. The van der Waals surface area contributed by atoms with Gasteiger partial charge in [-0.15, -0.1) is 0 Å². The van der Waals surface area contributed by atoms with Gasteiger partial charge in [0.25, 0.3) is 11.8 Å². The van der Waals surface area contributed by atoms with E-state index >= 15 is 0 Å². The fraction of sp³-hybridized carbons (Fsp3) is 0.269. The first kappa shape index (κ1) is 24.5. The highest BCUT2D eigenvalue weighted by Crippen LogP contribution is 2.26. The summed E-state index contributed by atoms with van der Waals surface area (Å²) in [6, 6.07) is 15.3. The van der Waals surface area contributed by atoms with E-state index in [0.717, 1.165) is 27.9 Å². The van der Waals surface area contributed by atoms with Crippen molar-refractivity contribution in [2.75, 3.05) is 7.11 Å². The van der Waals surface area contributed by atoms with Crippen molar-refractivity contribution in [1.29, 1.82) is 0 Å². The van der Waals surface area contributed by atoms with Crippen LogP contribution in [0, 0.1) is 5.82 Å². The molecule has 0 aliphatic carbocycles. The van der Waals surface area contributed by atoms with Gasteiger partial charge in [-0.1, -0.05) is 36.4 Å². The molecular weight excluding hydrogens is 453 g/mol. The molecule has 1 aromatic heterocycles. The number of aliphatic hydroxyl groups is 2. The summed E-state index contributed by atoms with van der Waals surface area (Å²) in [5.74, 6) is -1.93. The summed E-state index contributed by atoms with van der Waals surface area (Å²) < 4.78 is 18.7. The molecule has 2 aromatic carbocycles. The average molecular weight is 480 g/mol. The molecule has 0 unspecified atom stereocenters. The Bertz CT molecular complexity index is 1190. The highest BCUT2D eigenvalue weighted by molar-refractivity contribution is 5.90. The van der Waals surface area contributed by atoms with Crippen LogP contribution < -0.4 is 5.32 Å². The number of carbonyl (C=O) groups excluding carboxylic acids is 2. The van der Waals surface area contributed by atoms with E-state index in [2.05, 4.69) is 10.3 Å². The average Bonchev–Trinajstić information content (AvgIpc) is 3.31. The number of hydrogen-bond donors (Lipinski definition) is 3. The van der Waals surface area contributed by atoms with Gasteiger partial charge in [-0.3, -0.25) is 14.6 Å². The number of hydrogen-bond acceptors (Lipinski definition) is 6. The predicted octanol–water partition coefficient (Wildman–Crippen LogP) is 1.91. The van der Waals surface area contributed by atoms with E-state index in [-0.39, 0.29) is 32.1 Å². The van der Waals surface area contributed by atoms with E-state index in [0.29, 0.717) is 5.56 Å². The maximum Gasteiger partial charge on any atom is 0.255 e. The summed E-state index contributed by atoms with van der Waals surface area (Å²) in [4.78, 5) is 30.5. The van der Waals surface area contributed by atoms with Crippen LogP contribution in [-0.4, -0.2) is 51.2 Å². The SMILES string of the molecule is COCc1cc(F)ccc1-c1ccc(CNC(=O)[C@H](O)[C@@H](O)C(=O)N2Cc3cccnc3C2)cc1. The van der Waals surface area contributed by atoms with E-state index in [1.165, 1.54) is 17.0 Å². The van der Waals surface area contributed by atoms with E-state index in [9.17, 15) is 24.2 Å². The Hall–Kier alpha value is -3.66. The minimum absolute atomic E-state index is 0.0878. The molecule has 9 heteroatoms. The lowest BCUT2D eigenvalue weighted by molar-refractivity contribution is -0.153. The number of nitrogens with one attached hydrogen (secondary N) is 1. The van der Waals surface area contributed by atoms with Gasteiger partial charge in [0.15, 0.2) is 12.2 Å². The summed E-state index contributed by atoms with van der Waals surface area (Å²) in [6.45, 7) is 0.835. The maximum atomic E-state index is 13.6. The largest absolute Gasteiger partial charge is 0.380 e. The maximum absolute atomic E-state index is 13.6. The van der Waals surface area contributed by atoms with E-state index in [1.54, 1.807) is 37.6 Å². The van der Waals surface area contributed by atoms with Crippen molar-refractivity contribution in [3.8, 4) is 11.1 Å². The highest BCUT2D eigenvalue weighted by atomic mass is 19.1. The first-order chi connectivity index (χ1) is 16.9. The van der Waals surface area contributed by atoms with Crippen LogP contribution in [0.2, 0.25) is 0 Å². The lowest BCUT2D eigenvalue weighted by Crippen LogP contribution is -2.49. The Balaban J connectivity index is 1.33. The Labute approximate surface area is 202 Å². The van der Waals surface area contributed by atoms with Crippen LogP contribution in [0.15, 0.2) is 60.8 Å². The summed E-state index contributed by atoms with van der Waals surface area (Å²) in [5, 5.41) is 23.1. The number of halogens is 1. The van der Waals surface area contributed by atoms with Crippen molar-refractivity contribution in [3.05, 3.63) is 89.0 Å². The molecule has 0 spiro atoms. The molecule has 3 N–H and O–H groups in total. The van der Waals surface area contributed by atoms with Gasteiger partial charge in [0.2, 0.25) is 0 Å². The number of rotatable bonds is 8. The van der Waals surface area contributed by atoms with Crippen LogP contribution in [0.1, 0.15) is 22.4 Å². The molecule has 182 valence electrons. The highest BCUT2D eigenvalue weighted by Gasteiger charge is 2.35. The number of benzene rings is 2. The molecule has 0 bridgehead atoms. The second kappa shape index (κ2) is 10.7. The van der Waals surface area contributed by atoms with E-state index in [4.69, 9.17) is 4.74 Å². The van der Waals surface area contributed by atoms with Crippen molar-refractivity contribution in [1.82, 2.24) is 15.2 Å². The third-order valence-electron chi connectivity index (χ3n) is 5.92. The van der Waals surface area contributed by atoms with Gasteiger partial charge in [-0.2, -0.15) is 0 Å². The number of nitrogens with zero attached hydrogens (tertiary/aromatic N) is 2. The van der Waals surface area contributed by atoms with Gasteiger partial charge in [0.1, 0.15) is 5.82 Å². The van der Waals surface area contributed by atoms with Crippen LogP contribution in [0.25, 0.3) is 11.1 Å². The molecule has 0 fully saturated rings. The first-order valence-electron chi connectivity index (χ1n) is 11.1. The van der Waals surface area contributed by atoms with Crippen LogP contribution >= 0.6 is 0 Å². The normalized spacial score (nSPS) is 14.3. The zero-order chi connectivity index (χ0) is 24.9. The third-order valence-corrected chi connectivity index (χ3v) is 5.92.